The van der Waals surface area contributed by atoms with Crippen LogP contribution in [0.2, 0.25) is 0 Å². The zero-order chi connectivity index (χ0) is 30.7. The molecule has 1 amide bonds. The smallest absolute Gasteiger partial charge is 0.275 e. The molecule has 0 spiro atoms. The van der Waals surface area contributed by atoms with Gasteiger partial charge in [-0.1, -0.05) is 19.3 Å². The third kappa shape index (κ3) is 6.63. The second-order valence-electron chi connectivity index (χ2n) is 10.2. The number of nitrogens with two attached hydrogens (primary N) is 1. The zero-order valence-electron chi connectivity index (χ0n) is 22.8. The highest BCUT2D eigenvalue weighted by Crippen LogP contribution is 2.34. The van der Waals surface area contributed by atoms with Crippen LogP contribution in [0, 0.1) is 11.8 Å². The van der Waals surface area contributed by atoms with E-state index in [9.17, 15) is 34.0 Å². The van der Waals surface area contributed by atoms with Crippen molar-refractivity contribution in [1.82, 2.24) is 19.7 Å². The molecule has 1 aliphatic heterocycles. The van der Waals surface area contributed by atoms with Gasteiger partial charge in [-0.15, -0.1) is 11.3 Å². The van der Waals surface area contributed by atoms with E-state index in [4.69, 9.17) is 10.5 Å². The molecule has 0 aromatic carbocycles. The Hall–Kier alpha value is -3.67. The lowest BCUT2D eigenvalue weighted by Gasteiger charge is -2.38. The van der Waals surface area contributed by atoms with Gasteiger partial charge in [0, 0.05) is 29.6 Å². The Labute approximate surface area is 248 Å². The molecule has 5 rings (SSSR count). The number of aliphatic hydroxyl groups excluding tert-OH is 4. The molecule has 1 aliphatic carbocycles. The van der Waals surface area contributed by atoms with E-state index in [1.165, 1.54) is 17.8 Å². The van der Waals surface area contributed by atoms with Crippen LogP contribution in [-0.2, 0) is 4.74 Å². The number of carbonyl (C=O) groups is 1. The number of aliphatic imine (C=N–C) groups is 1. The number of aromatic nitrogens is 4. The van der Waals surface area contributed by atoms with Crippen molar-refractivity contribution in [3.05, 3.63) is 52.4 Å². The van der Waals surface area contributed by atoms with Gasteiger partial charge in [0.25, 0.3) is 5.91 Å². The van der Waals surface area contributed by atoms with Crippen molar-refractivity contribution in [2.75, 3.05) is 11.9 Å². The Morgan fingerprint density at radius 3 is 2.63 bits per heavy atom. The Morgan fingerprint density at radius 1 is 1.14 bits per heavy atom. The summed E-state index contributed by atoms with van der Waals surface area (Å²) in [4.78, 5) is 25.3. The fraction of sp³-hybridized carbons (Fsp3) is 0.444. The number of thiazole rings is 1. The molecular formula is C27H31F2N7O6S. The van der Waals surface area contributed by atoms with Crippen LogP contribution in [-0.4, -0.2) is 89.5 Å². The highest BCUT2D eigenvalue weighted by molar-refractivity contribution is 7.11. The second kappa shape index (κ2) is 13.3. The maximum Gasteiger partial charge on any atom is 0.275 e. The summed E-state index contributed by atoms with van der Waals surface area (Å²) in [5.41, 5.74) is 5.78. The number of ether oxygens (including phenoxy) is 1. The number of anilines is 1. The quantitative estimate of drug-likeness (QED) is 0.159. The van der Waals surface area contributed by atoms with Gasteiger partial charge >= 0.3 is 0 Å². The van der Waals surface area contributed by atoms with Crippen molar-refractivity contribution in [1.29, 1.82) is 0 Å². The lowest BCUT2D eigenvalue weighted by Crippen LogP contribution is -2.57. The molecule has 7 N–H and O–H groups in total. The summed E-state index contributed by atoms with van der Waals surface area (Å²) in [7, 11) is 0. The monoisotopic (exact) mass is 619 g/mol. The van der Waals surface area contributed by atoms with Crippen LogP contribution in [0.3, 0.4) is 0 Å². The van der Waals surface area contributed by atoms with E-state index in [2.05, 4.69) is 25.4 Å². The average molecular weight is 620 g/mol. The number of aliphatic hydroxyl groups is 4. The predicted octanol–water partition coefficient (Wildman–Crippen LogP) is 1.61. The third-order valence-electron chi connectivity index (χ3n) is 7.36. The van der Waals surface area contributed by atoms with E-state index in [0.29, 0.717) is 0 Å². The molecule has 4 heterocycles. The summed E-state index contributed by atoms with van der Waals surface area (Å²) in [6.45, 7) is -0.606. The number of carbonyl (C=O) groups excluding carboxylic acids is 1. The van der Waals surface area contributed by atoms with Gasteiger partial charge in [-0.2, -0.15) is 9.49 Å². The molecule has 3 aromatic heterocycles. The topological polar surface area (TPSA) is 201 Å². The molecule has 0 bridgehead atoms. The Bertz CT molecular complexity index is 1510. The van der Waals surface area contributed by atoms with E-state index in [1.807, 2.05) is 0 Å². The number of halogens is 2. The third-order valence-corrected chi connectivity index (χ3v) is 8.25. The van der Waals surface area contributed by atoms with Crippen molar-refractivity contribution in [2.24, 2.45) is 10.7 Å². The van der Waals surface area contributed by atoms with Crippen LogP contribution in [0.1, 0.15) is 53.6 Å². The second-order valence-corrected chi connectivity index (χ2v) is 11.1. The van der Waals surface area contributed by atoms with Gasteiger partial charge in [0.2, 0.25) is 5.95 Å². The van der Waals surface area contributed by atoms with Crippen molar-refractivity contribution in [3.63, 3.8) is 0 Å². The van der Waals surface area contributed by atoms with E-state index in [0.717, 1.165) is 55.6 Å². The summed E-state index contributed by atoms with van der Waals surface area (Å²) in [6, 6.07) is 1.89. The fourth-order valence-corrected chi connectivity index (χ4v) is 5.79. The van der Waals surface area contributed by atoms with Crippen molar-refractivity contribution < 1.29 is 38.7 Å². The Kier molecular flexibility index (Phi) is 9.53. The van der Waals surface area contributed by atoms with Crippen LogP contribution >= 0.6 is 11.3 Å². The van der Waals surface area contributed by atoms with Gasteiger partial charge in [0.1, 0.15) is 46.5 Å². The molecule has 2 fully saturated rings. The number of hydrogen-bond acceptors (Lipinski definition) is 12. The number of allylic oxidation sites excluding steroid dienone is 1. The van der Waals surface area contributed by atoms with Crippen LogP contribution in [0.25, 0.3) is 17.0 Å². The van der Waals surface area contributed by atoms with Crippen LogP contribution in [0.5, 0.6) is 0 Å². The maximum atomic E-state index is 14.7. The molecule has 13 nitrogen and oxygen atoms in total. The SMILES string of the molecule is NC=C(C=NC1OC(CO)C(O)C(O)C1O)c1nc(C(=O)Nc2cn(C3CCCCC3)nc2-c2nc(F)ccc2F)cs1. The number of pyridine rings is 1. The largest absolute Gasteiger partial charge is 0.404 e. The molecule has 0 radical (unpaired) electrons. The molecule has 2 aliphatic rings. The van der Waals surface area contributed by atoms with Crippen molar-refractivity contribution in [3.8, 4) is 11.4 Å². The highest BCUT2D eigenvalue weighted by Gasteiger charge is 2.43. The first-order chi connectivity index (χ1) is 20.7. The highest BCUT2D eigenvalue weighted by atomic mass is 32.1. The van der Waals surface area contributed by atoms with Gasteiger partial charge in [-0.25, -0.2) is 14.4 Å². The first-order valence-corrected chi connectivity index (χ1v) is 14.5. The normalized spacial score (nSPS) is 25.3. The van der Waals surface area contributed by atoms with Gasteiger partial charge in [-0.05, 0) is 25.0 Å². The lowest BCUT2D eigenvalue weighted by molar-refractivity contribution is -0.226. The minimum absolute atomic E-state index is 0.00960. The Morgan fingerprint density at radius 2 is 1.91 bits per heavy atom. The molecule has 16 heteroatoms. The summed E-state index contributed by atoms with van der Waals surface area (Å²) >= 11 is 1.06. The molecule has 1 saturated carbocycles. The number of amides is 1. The van der Waals surface area contributed by atoms with Crippen molar-refractivity contribution in [2.45, 2.75) is 68.8 Å². The first-order valence-electron chi connectivity index (χ1n) is 13.6. The van der Waals surface area contributed by atoms with Gasteiger partial charge in [0.05, 0.1) is 18.3 Å². The summed E-state index contributed by atoms with van der Waals surface area (Å²) < 4.78 is 35.7. The van der Waals surface area contributed by atoms with E-state index in [-0.39, 0.29) is 39.4 Å². The number of hydrogen-bond donors (Lipinski definition) is 6. The van der Waals surface area contributed by atoms with Crippen LogP contribution < -0.4 is 11.1 Å². The fourth-order valence-electron chi connectivity index (χ4n) is 5.00. The van der Waals surface area contributed by atoms with Gasteiger partial charge in [0.15, 0.2) is 12.0 Å². The van der Waals surface area contributed by atoms with Crippen LogP contribution in [0.15, 0.2) is 34.9 Å². The lowest BCUT2D eigenvalue weighted by atomic mass is 9.96. The van der Waals surface area contributed by atoms with E-state index in [1.54, 1.807) is 10.9 Å². The van der Waals surface area contributed by atoms with E-state index >= 15 is 0 Å². The molecule has 5 atom stereocenters. The summed E-state index contributed by atoms with van der Waals surface area (Å²) in [5.74, 6) is -2.33. The molecule has 230 valence electrons. The number of nitrogens with one attached hydrogen (secondary N) is 1. The maximum absolute atomic E-state index is 14.7. The summed E-state index contributed by atoms with van der Waals surface area (Å²) in [5, 5.41) is 48.4. The molecule has 43 heavy (non-hydrogen) atoms. The van der Waals surface area contributed by atoms with Gasteiger partial charge in [-0.3, -0.25) is 14.5 Å². The molecular weight excluding hydrogens is 588 g/mol. The zero-order valence-corrected chi connectivity index (χ0v) is 23.6. The minimum atomic E-state index is -1.60. The minimum Gasteiger partial charge on any atom is -0.404 e. The standard InChI is InChI=1S/C27H31F2N7O6S/c28-15-6-7-19(29)34-20(15)21-16(10-36(35-21)14-4-2-1-3-5-14)32-25(41)17-12-43-27(33-17)13(8-30)9-31-26-24(40)23(39)22(38)18(11-37)42-26/h6-10,12,14,18,22-24,26,37-40H,1-5,11,30H2,(H,32,41). The average Bonchev–Trinajstić information content (AvgIpc) is 3.67. The van der Waals surface area contributed by atoms with E-state index < -0.39 is 54.9 Å². The van der Waals surface area contributed by atoms with Gasteiger partial charge < -0.3 is 36.2 Å². The first kappa shape index (κ1) is 30.8. The summed E-state index contributed by atoms with van der Waals surface area (Å²) in [6.07, 6.45) is 1.66. The van der Waals surface area contributed by atoms with Crippen LogP contribution in [0.4, 0.5) is 14.5 Å². The molecule has 1 saturated heterocycles. The predicted molar refractivity (Wildman–Crippen MR) is 152 cm³/mol. The number of rotatable bonds is 8. The Balaban J connectivity index is 1.36. The molecule has 5 unspecified atom stereocenters. The number of nitrogens with zero attached hydrogens (tertiary/aromatic N) is 5. The van der Waals surface area contributed by atoms with Crippen molar-refractivity contribution >= 4 is 34.7 Å². The molecule has 3 aromatic rings.